The smallest absolute Gasteiger partial charge is 0.224 e. The van der Waals surface area contributed by atoms with Crippen molar-refractivity contribution in [1.29, 1.82) is 0 Å². The maximum atomic E-state index is 13.5. The van der Waals surface area contributed by atoms with Crippen molar-refractivity contribution in [3.8, 4) is 0 Å². The van der Waals surface area contributed by atoms with Gasteiger partial charge in [0.05, 0.1) is 0 Å². The molecule has 0 bridgehead atoms. The van der Waals surface area contributed by atoms with Crippen LogP contribution in [0, 0.1) is 11.6 Å². The molecule has 132 valence electrons. The van der Waals surface area contributed by atoms with E-state index in [2.05, 4.69) is 36.3 Å². The monoisotopic (exact) mass is 355 g/mol. The van der Waals surface area contributed by atoms with Gasteiger partial charge in [-0.3, -0.25) is 4.79 Å². The third-order valence-corrected chi connectivity index (χ3v) is 4.41. The number of nitrogens with one attached hydrogen (secondary N) is 2. The Labute approximate surface area is 146 Å². The zero-order chi connectivity index (χ0) is 17.9. The molecule has 1 aromatic rings. The molecule has 0 unspecified atom stereocenters. The number of carbonyl (C=O) groups is 1. The summed E-state index contributed by atoms with van der Waals surface area (Å²) in [7, 11) is 0. The molecule has 0 radical (unpaired) electrons. The first-order chi connectivity index (χ1) is 11.2. The first-order valence-electron chi connectivity index (χ1n) is 8.02. The molecule has 1 aliphatic heterocycles. The Hall–Kier alpha value is -1.76. The van der Waals surface area contributed by atoms with Gasteiger partial charge in [0.15, 0.2) is 5.11 Å². The first kappa shape index (κ1) is 18.6. The molecule has 0 aliphatic carbocycles. The number of nitrogens with zero attached hydrogens (tertiary/aromatic N) is 1. The Morgan fingerprint density at radius 2 is 2.04 bits per heavy atom. The van der Waals surface area contributed by atoms with E-state index in [1.807, 2.05) is 0 Å². The van der Waals surface area contributed by atoms with Gasteiger partial charge in [0.1, 0.15) is 17.3 Å². The van der Waals surface area contributed by atoms with Gasteiger partial charge in [0, 0.05) is 24.5 Å². The fraction of sp³-hybridized carbons (Fsp3) is 0.529. The largest absolute Gasteiger partial charge is 0.358 e. The summed E-state index contributed by atoms with van der Waals surface area (Å²) in [5.74, 6) is -1.97. The second-order valence-corrected chi connectivity index (χ2v) is 7.20. The molecule has 4 nitrogen and oxygen atoms in total. The molecule has 0 aromatic heterocycles. The van der Waals surface area contributed by atoms with Crippen LogP contribution in [0.4, 0.5) is 14.5 Å². The highest BCUT2D eigenvalue weighted by atomic mass is 32.1. The van der Waals surface area contributed by atoms with Crippen LogP contribution < -0.4 is 10.6 Å². The molecule has 24 heavy (non-hydrogen) atoms. The van der Waals surface area contributed by atoms with E-state index < -0.39 is 23.2 Å². The number of halogens is 2. The van der Waals surface area contributed by atoms with Crippen molar-refractivity contribution in [2.24, 2.45) is 0 Å². The number of hydrogen-bond donors (Lipinski definition) is 2. The van der Waals surface area contributed by atoms with E-state index in [-0.39, 0.29) is 18.0 Å². The van der Waals surface area contributed by atoms with Crippen LogP contribution in [0.5, 0.6) is 0 Å². The highest BCUT2D eigenvalue weighted by molar-refractivity contribution is 7.80. The van der Waals surface area contributed by atoms with Gasteiger partial charge in [-0.05, 0) is 58.0 Å². The topological polar surface area (TPSA) is 44.4 Å². The lowest BCUT2D eigenvalue weighted by Crippen LogP contribution is -2.60. The summed E-state index contributed by atoms with van der Waals surface area (Å²) in [4.78, 5) is 14.0. The molecule has 2 rings (SSSR count). The molecule has 0 saturated carbocycles. The lowest BCUT2D eigenvalue weighted by molar-refractivity contribution is -0.116. The lowest BCUT2D eigenvalue weighted by atomic mass is 9.93. The number of amides is 1. The maximum Gasteiger partial charge on any atom is 0.224 e. The minimum Gasteiger partial charge on any atom is -0.358 e. The molecular weight excluding hydrogens is 332 g/mol. The summed E-state index contributed by atoms with van der Waals surface area (Å²) < 4.78 is 27.0. The first-order valence-corrected chi connectivity index (χ1v) is 8.43. The highest BCUT2D eigenvalue weighted by Crippen LogP contribution is 2.22. The van der Waals surface area contributed by atoms with E-state index in [0.717, 1.165) is 18.6 Å². The Morgan fingerprint density at radius 3 is 2.62 bits per heavy atom. The van der Waals surface area contributed by atoms with Crippen molar-refractivity contribution >= 4 is 28.9 Å². The number of para-hydroxylation sites is 1. The number of rotatable bonds is 5. The van der Waals surface area contributed by atoms with E-state index in [9.17, 15) is 13.6 Å². The van der Waals surface area contributed by atoms with Crippen LogP contribution in [0.25, 0.3) is 0 Å². The van der Waals surface area contributed by atoms with Crippen LogP contribution in [0.15, 0.2) is 18.2 Å². The van der Waals surface area contributed by atoms with E-state index in [1.54, 1.807) is 0 Å². The molecule has 1 aliphatic rings. The zero-order valence-corrected chi connectivity index (χ0v) is 15.0. The van der Waals surface area contributed by atoms with Gasteiger partial charge in [-0.1, -0.05) is 6.07 Å². The normalized spacial score (nSPS) is 19.8. The fourth-order valence-electron chi connectivity index (χ4n) is 3.01. The van der Waals surface area contributed by atoms with E-state index in [4.69, 9.17) is 12.2 Å². The van der Waals surface area contributed by atoms with Gasteiger partial charge < -0.3 is 15.5 Å². The maximum absolute atomic E-state index is 13.5. The molecule has 1 fully saturated rings. The van der Waals surface area contributed by atoms with Gasteiger partial charge in [-0.25, -0.2) is 8.78 Å². The van der Waals surface area contributed by atoms with E-state index >= 15 is 0 Å². The molecule has 1 amide bonds. The summed E-state index contributed by atoms with van der Waals surface area (Å²) in [6.45, 7) is 6.92. The van der Waals surface area contributed by atoms with Crippen LogP contribution >= 0.6 is 12.2 Å². The van der Waals surface area contributed by atoms with Gasteiger partial charge in [0.2, 0.25) is 5.91 Å². The highest BCUT2D eigenvalue weighted by Gasteiger charge is 2.32. The van der Waals surface area contributed by atoms with Crippen molar-refractivity contribution in [1.82, 2.24) is 10.2 Å². The van der Waals surface area contributed by atoms with Crippen molar-refractivity contribution < 1.29 is 13.6 Å². The van der Waals surface area contributed by atoms with Crippen LogP contribution in [0.1, 0.15) is 40.0 Å². The Morgan fingerprint density at radius 1 is 1.42 bits per heavy atom. The van der Waals surface area contributed by atoms with Crippen LogP contribution in [0.3, 0.4) is 0 Å². The predicted molar refractivity (Wildman–Crippen MR) is 94.8 cm³/mol. The summed E-state index contributed by atoms with van der Waals surface area (Å²) in [6, 6.07) is 3.76. The quantitative estimate of drug-likeness (QED) is 0.795. The van der Waals surface area contributed by atoms with Gasteiger partial charge >= 0.3 is 0 Å². The summed E-state index contributed by atoms with van der Waals surface area (Å²) in [5.41, 5.74) is -0.431. The number of benzene rings is 1. The third kappa shape index (κ3) is 4.63. The standard InChI is InChI=1S/C17H23F2N3OS/c1-11-10-17(2,3)21-16(24)22(11)9-5-8-14(23)20-15-12(18)6-4-7-13(15)19/h4,6-7,11H,5,8-10H2,1-3H3,(H,20,23)(H,21,24)/t11-/m1/s1. The Bertz CT molecular complexity index is 616. The molecule has 0 spiro atoms. The summed E-state index contributed by atoms with van der Waals surface area (Å²) in [5, 5.41) is 6.26. The van der Waals surface area contributed by atoms with Crippen LogP contribution in [0.2, 0.25) is 0 Å². The van der Waals surface area contributed by atoms with Crippen molar-refractivity contribution in [2.75, 3.05) is 11.9 Å². The predicted octanol–water partition coefficient (Wildman–Crippen LogP) is 3.43. The Balaban J connectivity index is 1.84. The zero-order valence-electron chi connectivity index (χ0n) is 14.2. The fourth-order valence-corrected chi connectivity index (χ4v) is 3.56. The lowest BCUT2D eigenvalue weighted by Gasteiger charge is -2.44. The Kier molecular flexibility index (Phi) is 5.74. The molecule has 1 aromatic carbocycles. The molecule has 2 N–H and O–H groups in total. The molecule has 1 atom stereocenters. The van der Waals surface area contributed by atoms with Crippen LogP contribution in [-0.4, -0.2) is 34.0 Å². The summed E-state index contributed by atoms with van der Waals surface area (Å²) in [6.07, 6.45) is 1.66. The number of thiocarbonyl (C=S) groups is 1. The second kappa shape index (κ2) is 7.42. The molecule has 1 saturated heterocycles. The minimum absolute atomic E-state index is 0.0350. The van der Waals surface area contributed by atoms with Gasteiger partial charge in [0.25, 0.3) is 0 Å². The molecule has 1 heterocycles. The van der Waals surface area contributed by atoms with E-state index in [1.165, 1.54) is 6.07 Å². The van der Waals surface area contributed by atoms with E-state index in [0.29, 0.717) is 18.1 Å². The average molecular weight is 355 g/mol. The molecular formula is C17H23F2N3OS. The van der Waals surface area contributed by atoms with Gasteiger partial charge in [-0.2, -0.15) is 0 Å². The average Bonchev–Trinajstić information content (AvgIpc) is 2.45. The van der Waals surface area contributed by atoms with Crippen molar-refractivity contribution in [3.63, 3.8) is 0 Å². The third-order valence-electron chi connectivity index (χ3n) is 4.07. The summed E-state index contributed by atoms with van der Waals surface area (Å²) >= 11 is 5.39. The van der Waals surface area contributed by atoms with Crippen molar-refractivity contribution in [2.45, 2.75) is 51.6 Å². The SMILES string of the molecule is C[C@@H]1CC(C)(C)NC(=S)N1CCCC(=O)Nc1c(F)cccc1F. The molecule has 7 heteroatoms. The minimum atomic E-state index is -0.777. The number of anilines is 1. The van der Waals surface area contributed by atoms with Crippen LogP contribution in [-0.2, 0) is 4.79 Å². The number of hydrogen-bond acceptors (Lipinski definition) is 2. The second-order valence-electron chi connectivity index (χ2n) is 6.81. The van der Waals surface area contributed by atoms with Gasteiger partial charge in [-0.15, -0.1) is 0 Å². The van der Waals surface area contributed by atoms with Crippen molar-refractivity contribution in [3.05, 3.63) is 29.8 Å². The number of carbonyl (C=O) groups excluding carboxylic acids is 1.